The van der Waals surface area contributed by atoms with Gasteiger partial charge in [0.15, 0.2) is 0 Å². The Labute approximate surface area is 107 Å². The van der Waals surface area contributed by atoms with Crippen molar-refractivity contribution < 1.29 is 26.2 Å². The summed E-state index contributed by atoms with van der Waals surface area (Å²) in [5.41, 5.74) is 0. The first-order valence-corrected chi connectivity index (χ1v) is 3.68. The number of likely N-dealkylation sites (N-methyl/N-ethyl adjacent to an activating group) is 1. The van der Waals surface area contributed by atoms with E-state index in [2.05, 4.69) is 14.0 Å². The van der Waals surface area contributed by atoms with Crippen molar-refractivity contribution in [2.45, 2.75) is 6.92 Å². The second kappa shape index (κ2) is 8.94. The first kappa shape index (κ1) is 19.0. The van der Waals surface area contributed by atoms with Gasteiger partial charge in [0.2, 0.25) is 0 Å². The molecule has 0 amide bonds. The zero-order chi connectivity index (χ0) is 6.74. The van der Waals surface area contributed by atoms with Crippen LogP contribution in [0.5, 0.6) is 0 Å². The van der Waals surface area contributed by atoms with Gasteiger partial charge in [-0.1, -0.05) is 0 Å². The van der Waals surface area contributed by atoms with Crippen LogP contribution in [-0.2, 0) is 4.74 Å². The van der Waals surface area contributed by atoms with Crippen LogP contribution in [0.25, 0.3) is 0 Å². The summed E-state index contributed by atoms with van der Waals surface area (Å²) in [7, 11) is 2.29. The predicted molar refractivity (Wildman–Crippen MR) is 57.9 cm³/mol. The van der Waals surface area contributed by atoms with E-state index in [1.165, 1.54) is 24.1 Å². The van der Waals surface area contributed by atoms with Crippen molar-refractivity contribution in [3.8, 4) is 0 Å². The molecular weight excluding hydrogens is 354 g/mol. The third kappa shape index (κ3) is 5.91. The van der Waals surface area contributed by atoms with Gasteiger partial charge in [0.1, 0.15) is 13.1 Å². The molecule has 1 rings (SSSR count). The minimum Gasteiger partial charge on any atom is -1.00 e. The number of rotatable bonds is 1. The smallest absolute Gasteiger partial charge is 0.102 e. The topological polar surface area (TPSA) is 9.23 Å². The molecule has 2 nitrogen and oxygen atoms in total. The molecule has 0 spiro atoms. The van der Waals surface area contributed by atoms with Gasteiger partial charge in [-0.2, -0.15) is 0 Å². The van der Waals surface area contributed by atoms with Gasteiger partial charge in [-0.15, -0.1) is 34.0 Å². The lowest BCUT2D eigenvalue weighted by atomic mass is 10.3. The summed E-state index contributed by atoms with van der Waals surface area (Å²) in [5, 5.41) is 0. The minimum absolute atomic E-state index is 0. The van der Waals surface area contributed by atoms with Gasteiger partial charge in [-0.3, -0.25) is 0 Å². The summed E-state index contributed by atoms with van der Waals surface area (Å²) in [5.74, 6) is 0. The van der Waals surface area contributed by atoms with Crippen molar-refractivity contribution in [3.05, 3.63) is 0 Å². The van der Waals surface area contributed by atoms with E-state index < -0.39 is 0 Å². The van der Waals surface area contributed by atoms with Crippen LogP contribution >= 0.6 is 34.0 Å². The van der Waals surface area contributed by atoms with Crippen molar-refractivity contribution in [1.82, 2.24) is 0 Å². The summed E-state index contributed by atoms with van der Waals surface area (Å²) in [6.07, 6.45) is 0. The molecule has 1 heterocycles. The fraction of sp³-hybridized carbons (Fsp3) is 1.00. The van der Waals surface area contributed by atoms with E-state index in [0.717, 1.165) is 13.2 Å². The van der Waals surface area contributed by atoms with Crippen LogP contribution in [0.3, 0.4) is 0 Å². The number of nitrogens with zero attached hydrogens (tertiary/aromatic N) is 1. The molecule has 1 saturated heterocycles. The van der Waals surface area contributed by atoms with Gasteiger partial charge in [-0.25, -0.2) is 0 Å². The van der Waals surface area contributed by atoms with E-state index in [0.29, 0.717) is 0 Å². The highest BCUT2D eigenvalue weighted by Crippen LogP contribution is 2.05. The molecule has 1 aliphatic rings. The Balaban J connectivity index is -0.000000270. The average molecular weight is 372 g/mol. The standard InChI is InChI=1S/C7H16NO.3BrH/c1-3-8(2)4-6-9-7-5-8;;;/h3-7H2,1-2H3;3*1H/q+1;;;/p-1. The lowest BCUT2D eigenvalue weighted by molar-refractivity contribution is -0.915. The van der Waals surface area contributed by atoms with E-state index in [-0.39, 0.29) is 50.9 Å². The van der Waals surface area contributed by atoms with E-state index in [1.807, 2.05) is 0 Å². The number of hydrogen-bond donors (Lipinski definition) is 0. The molecule has 78 valence electrons. The maximum atomic E-state index is 5.25. The first-order chi connectivity index (χ1) is 4.27. The number of hydrogen-bond acceptors (Lipinski definition) is 1. The molecule has 0 atom stereocenters. The highest BCUT2D eigenvalue weighted by molar-refractivity contribution is 8.93. The predicted octanol–water partition coefficient (Wildman–Crippen LogP) is -1.36. The number of halogens is 3. The summed E-state index contributed by atoms with van der Waals surface area (Å²) in [4.78, 5) is 0. The molecule has 5 heteroatoms. The van der Waals surface area contributed by atoms with Crippen molar-refractivity contribution in [2.24, 2.45) is 0 Å². The van der Waals surface area contributed by atoms with Crippen molar-refractivity contribution >= 4 is 34.0 Å². The summed E-state index contributed by atoms with van der Waals surface area (Å²) in [6, 6.07) is 0. The molecule has 0 radical (unpaired) electrons. The van der Waals surface area contributed by atoms with Crippen molar-refractivity contribution in [2.75, 3.05) is 39.9 Å². The van der Waals surface area contributed by atoms with Crippen LogP contribution in [0.2, 0.25) is 0 Å². The third-order valence-corrected chi connectivity index (χ3v) is 2.31. The largest absolute Gasteiger partial charge is 1.00 e. The molecule has 12 heavy (non-hydrogen) atoms. The van der Waals surface area contributed by atoms with E-state index in [4.69, 9.17) is 4.74 Å². The van der Waals surface area contributed by atoms with Crippen molar-refractivity contribution in [1.29, 1.82) is 0 Å². The molecule has 0 aromatic rings. The second-order valence-electron chi connectivity index (χ2n) is 3.00. The lowest BCUT2D eigenvalue weighted by Crippen LogP contribution is -3.00. The molecule has 1 aliphatic heterocycles. The third-order valence-electron chi connectivity index (χ3n) is 2.31. The normalized spacial score (nSPS) is 19.5. The Kier molecular flexibility index (Phi) is 14.2. The quantitative estimate of drug-likeness (QED) is 0.518. The van der Waals surface area contributed by atoms with Gasteiger partial charge >= 0.3 is 0 Å². The molecule has 0 aromatic carbocycles. The zero-order valence-corrected chi connectivity index (χ0v) is 12.6. The highest BCUT2D eigenvalue weighted by atomic mass is 79.9. The van der Waals surface area contributed by atoms with E-state index >= 15 is 0 Å². The zero-order valence-electron chi connectivity index (χ0n) is 7.59. The monoisotopic (exact) mass is 369 g/mol. The summed E-state index contributed by atoms with van der Waals surface area (Å²) < 4.78 is 6.45. The van der Waals surface area contributed by atoms with Crippen molar-refractivity contribution in [3.63, 3.8) is 0 Å². The molecule has 0 N–H and O–H groups in total. The van der Waals surface area contributed by atoms with Gasteiger partial charge < -0.3 is 26.2 Å². The first-order valence-electron chi connectivity index (χ1n) is 3.68. The fourth-order valence-electron chi connectivity index (χ4n) is 1.10. The molecule has 0 aliphatic carbocycles. The Bertz CT molecular complexity index is 96.7. The Hall–Kier alpha value is 1.36. The van der Waals surface area contributed by atoms with Crippen LogP contribution in [0.15, 0.2) is 0 Å². The molecule has 0 saturated carbocycles. The average Bonchev–Trinajstić information content (AvgIpc) is 1.90. The van der Waals surface area contributed by atoms with E-state index in [1.54, 1.807) is 0 Å². The Morgan fingerprint density at radius 2 is 1.58 bits per heavy atom. The van der Waals surface area contributed by atoms with Crippen LogP contribution in [-0.4, -0.2) is 44.4 Å². The number of quaternary nitrogens is 1. The summed E-state index contributed by atoms with van der Waals surface area (Å²) >= 11 is 0. The highest BCUT2D eigenvalue weighted by Gasteiger charge is 2.21. The SMILES string of the molecule is Br.Br.CC[N+]1(C)CCOCC1.[Br-]. The molecule has 0 bridgehead atoms. The number of morpholine rings is 1. The number of ether oxygens (including phenoxy) is 1. The lowest BCUT2D eigenvalue weighted by Gasteiger charge is -2.36. The molecule has 0 unspecified atom stereocenters. The summed E-state index contributed by atoms with van der Waals surface area (Å²) in [6.45, 7) is 7.76. The van der Waals surface area contributed by atoms with Crippen LogP contribution < -0.4 is 17.0 Å². The van der Waals surface area contributed by atoms with E-state index in [9.17, 15) is 0 Å². The van der Waals surface area contributed by atoms with Gasteiger partial charge in [0.05, 0.1) is 26.8 Å². The maximum Gasteiger partial charge on any atom is 0.102 e. The van der Waals surface area contributed by atoms with Crippen LogP contribution in [0.4, 0.5) is 0 Å². The Morgan fingerprint density at radius 1 is 1.17 bits per heavy atom. The van der Waals surface area contributed by atoms with Gasteiger partial charge in [0.25, 0.3) is 0 Å². The van der Waals surface area contributed by atoms with Crippen LogP contribution in [0.1, 0.15) is 6.92 Å². The fourth-order valence-corrected chi connectivity index (χ4v) is 1.10. The van der Waals surface area contributed by atoms with Gasteiger partial charge in [0, 0.05) is 0 Å². The molecule has 1 fully saturated rings. The van der Waals surface area contributed by atoms with Gasteiger partial charge in [-0.05, 0) is 6.92 Å². The molecule has 0 aromatic heterocycles. The Morgan fingerprint density at radius 3 is 1.83 bits per heavy atom. The van der Waals surface area contributed by atoms with Crippen LogP contribution in [0, 0.1) is 0 Å². The maximum absolute atomic E-state index is 5.25. The molecular formula is C7H18Br3NO. The minimum atomic E-state index is 0. The second-order valence-corrected chi connectivity index (χ2v) is 3.00.